The van der Waals surface area contributed by atoms with Crippen LogP contribution >= 0.6 is 0 Å². The first-order valence-corrected chi connectivity index (χ1v) is 9.03. The molecule has 0 radical (unpaired) electrons. The number of fused-ring (bicyclic) bond motifs is 1. The summed E-state index contributed by atoms with van der Waals surface area (Å²) in [6.45, 7) is 5.79. The third-order valence-corrected chi connectivity index (χ3v) is 4.95. The van der Waals surface area contributed by atoms with Gasteiger partial charge in [-0.3, -0.25) is 9.55 Å². The topological polar surface area (TPSA) is 67.4 Å². The first kappa shape index (κ1) is 17.8. The standard InChI is InChI=1S/C22H18FN5/c1-4-15-12-27-19(8-13(15)2)21-17(11-24)16-10-18(23)14(3)9-20(16)28(21)22-25-6-5-7-26-22/h5-10,12H,4H2,1-3H3. The van der Waals surface area contributed by atoms with Gasteiger partial charge in [0, 0.05) is 24.0 Å². The molecular formula is C22H18FN5. The van der Waals surface area contributed by atoms with Gasteiger partial charge in [0.05, 0.1) is 22.5 Å². The number of pyridine rings is 1. The van der Waals surface area contributed by atoms with Gasteiger partial charge in [-0.05, 0) is 61.2 Å². The average molecular weight is 371 g/mol. The lowest BCUT2D eigenvalue weighted by atomic mass is 10.0. The Labute approximate surface area is 162 Å². The molecule has 0 saturated carbocycles. The molecule has 28 heavy (non-hydrogen) atoms. The van der Waals surface area contributed by atoms with Crippen LogP contribution in [0.5, 0.6) is 0 Å². The summed E-state index contributed by atoms with van der Waals surface area (Å²) < 4.78 is 16.1. The van der Waals surface area contributed by atoms with E-state index >= 15 is 0 Å². The number of aryl methyl sites for hydroxylation is 3. The second kappa shape index (κ2) is 6.86. The van der Waals surface area contributed by atoms with Crippen LogP contribution in [0.3, 0.4) is 0 Å². The molecule has 138 valence electrons. The molecule has 0 bridgehead atoms. The molecule has 0 saturated heterocycles. The molecule has 0 aliphatic heterocycles. The van der Waals surface area contributed by atoms with Crippen molar-refractivity contribution in [3.05, 3.63) is 70.9 Å². The van der Waals surface area contributed by atoms with E-state index in [1.54, 1.807) is 36.0 Å². The molecule has 0 amide bonds. The smallest absolute Gasteiger partial charge is 0.234 e. The number of nitrogens with zero attached hydrogens (tertiary/aromatic N) is 5. The number of hydrogen-bond acceptors (Lipinski definition) is 4. The van der Waals surface area contributed by atoms with Gasteiger partial charge in [-0.15, -0.1) is 0 Å². The Bertz CT molecular complexity index is 1240. The molecule has 0 fully saturated rings. The van der Waals surface area contributed by atoms with Gasteiger partial charge in [0.25, 0.3) is 0 Å². The van der Waals surface area contributed by atoms with Crippen molar-refractivity contribution in [2.24, 2.45) is 0 Å². The normalized spacial score (nSPS) is 11.0. The van der Waals surface area contributed by atoms with Gasteiger partial charge < -0.3 is 0 Å². The van der Waals surface area contributed by atoms with Gasteiger partial charge in [0.1, 0.15) is 11.9 Å². The number of nitriles is 1. The van der Waals surface area contributed by atoms with E-state index in [-0.39, 0.29) is 5.82 Å². The predicted molar refractivity (Wildman–Crippen MR) is 106 cm³/mol. The molecule has 4 aromatic rings. The maximum atomic E-state index is 14.3. The van der Waals surface area contributed by atoms with Crippen LogP contribution < -0.4 is 0 Å². The fourth-order valence-corrected chi connectivity index (χ4v) is 3.47. The van der Waals surface area contributed by atoms with Crippen molar-refractivity contribution < 1.29 is 4.39 Å². The summed E-state index contributed by atoms with van der Waals surface area (Å²) in [5.74, 6) is 0.0566. The number of rotatable bonds is 3. The highest BCUT2D eigenvalue weighted by Crippen LogP contribution is 2.36. The fourth-order valence-electron chi connectivity index (χ4n) is 3.47. The lowest BCUT2D eigenvalue weighted by molar-refractivity contribution is 0.620. The second-order valence-electron chi connectivity index (χ2n) is 6.69. The quantitative estimate of drug-likeness (QED) is 0.525. The molecule has 3 heterocycles. The molecule has 0 unspecified atom stereocenters. The van der Waals surface area contributed by atoms with Crippen molar-refractivity contribution in [1.82, 2.24) is 19.5 Å². The van der Waals surface area contributed by atoms with Gasteiger partial charge in [0.2, 0.25) is 5.95 Å². The zero-order chi connectivity index (χ0) is 19.8. The van der Waals surface area contributed by atoms with E-state index < -0.39 is 0 Å². The lowest BCUT2D eigenvalue weighted by Gasteiger charge is -2.11. The van der Waals surface area contributed by atoms with E-state index in [0.717, 1.165) is 17.5 Å². The molecule has 3 aromatic heterocycles. The van der Waals surface area contributed by atoms with Gasteiger partial charge in [-0.2, -0.15) is 5.26 Å². The van der Waals surface area contributed by atoms with Crippen molar-refractivity contribution >= 4 is 10.9 Å². The summed E-state index contributed by atoms with van der Waals surface area (Å²) in [6.07, 6.45) is 5.98. The highest BCUT2D eigenvalue weighted by Gasteiger charge is 2.23. The van der Waals surface area contributed by atoms with Crippen molar-refractivity contribution in [3.8, 4) is 23.4 Å². The molecule has 1 aromatic carbocycles. The zero-order valence-corrected chi connectivity index (χ0v) is 15.9. The van der Waals surface area contributed by atoms with Crippen molar-refractivity contribution in [2.45, 2.75) is 27.2 Å². The van der Waals surface area contributed by atoms with Gasteiger partial charge in [0.15, 0.2) is 0 Å². The predicted octanol–water partition coefficient (Wildman–Crippen LogP) is 4.67. The van der Waals surface area contributed by atoms with Gasteiger partial charge >= 0.3 is 0 Å². The summed E-state index contributed by atoms with van der Waals surface area (Å²) in [4.78, 5) is 13.3. The van der Waals surface area contributed by atoms with Crippen LogP contribution in [0, 0.1) is 31.0 Å². The van der Waals surface area contributed by atoms with E-state index in [1.807, 2.05) is 19.2 Å². The molecule has 0 aliphatic rings. The maximum absolute atomic E-state index is 14.3. The van der Waals surface area contributed by atoms with Crippen LogP contribution in [0.1, 0.15) is 29.2 Å². The zero-order valence-electron chi connectivity index (χ0n) is 15.9. The number of benzene rings is 1. The van der Waals surface area contributed by atoms with Gasteiger partial charge in [-0.1, -0.05) is 6.92 Å². The van der Waals surface area contributed by atoms with Gasteiger partial charge in [-0.25, -0.2) is 14.4 Å². The highest BCUT2D eigenvalue weighted by atomic mass is 19.1. The summed E-state index contributed by atoms with van der Waals surface area (Å²) >= 11 is 0. The van der Waals surface area contributed by atoms with Crippen LogP contribution in [0.15, 0.2) is 42.9 Å². The minimum Gasteiger partial charge on any atom is -0.275 e. The molecular weight excluding hydrogens is 353 g/mol. The van der Waals surface area contributed by atoms with Crippen LogP contribution in [0.4, 0.5) is 4.39 Å². The largest absolute Gasteiger partial charge is 0.275 e. The Morgan fingerprint density at radius 1 is 1.07 bits per heavy atom. The second-order valence-corrected chi connectivity index (χ2v) is 6.69. The number of aromatic nitrogens is 4. The summed E-state index contributed by atoms with van der Waals surface area (Å²) in [5.41, 5.74) is 4.96. The van der Waals surface area contributed by atoms with Crippen molar-refractivity contribution in [1.29, 1.82) is 5.26 Å². The van der Waals surface area contributed by atoms with E-state index in [2.05, 4.69) is 27.9 Å². The van der Waals surface area contributed by atoms with Crippen molar-refractivity contribution in [3.63, 3.8) is 0 Å². The molecule has 0 aliphatic carbocycles. The van der Waals surface area contributed by atoms with Crippen LogP contribution in [-0.4, -0.2) is 19.5 Å². The van der Waals surface area contributed by atoms with Crippen LogP contribution in [0.25, 0.3) is 28.2 Å². The molecule has 5 nitrogen and oxygen atoms in total. The third kappa shape index (κ3) is 2.72. The SMILES string of the molecule is CCc1cnc(-c2c(C#N)c3cc(F)c(C)cc3n2-c2ncccn2)cc1C. The number of halogens is 1. The summed E-state index contributed by atoms with van der Waals surface area (Å²) in [5, 5.41) is 10.4. The fraction of sp³-hybridized carbons (Fsp3) is 0.182. The maximum Gasteiger partial charge on any atom is 0.234 e. The first-order valence-electron chi connectivity index (χ1n) is 9.03. The minimum atomic E-state index is -0.354. The molecule has 0 spiro atoms. The summed E-state index contributed by atoms with van der Waals surface area (Å²) in [7, 11) is 0. The van der Waals surface area contributed by atoms with E-state index in [4.69, 9.17) is 0 Å². The van der Waals surface area contributed by atoms with Crippen LogP contribution in [-0.2, 0) is 6.42 Å². The third-order valence-electron chi connectivity index (χ3n) is 4.95. The molecule has 0 N–H and O–H groups in total. The first-order chi connectivity index (χ1) is 13.5. The number of hydrogen-bond donors (Lipinski definition) is 0. The Hall–Kier alpha value is -3.59. The molecule has 4 rings (SSSR count). The van der Waals surface area contributed by atoms with Crippen LogP contribution in [0.2, 0.25) is 0 Å². The Kier molecular flexibility index (Phi) is 4.36. The minimum absolute atomic E-state index is 0.354. The van der Waals surface area contributed by atoms with E-state index in [9.17, 15) is 9.65 Å². The molecule has 0 atom stereocenters. The average Bonchev–Trinajstić information content (AvgIpc) is 3.02. The van der Waals surface area contributed by atoms with Crippen molar-refractivity contribution in [2.75, 3.05) is 0 Å². The Morgan fingerprint density at radius 2 is 1.82 bits per heavy atom. The Morgan fingerprint density at radius 3 is 2.46 bits per heavy atom. The molecule has 6 heteroatoms. The summed E-state index contributed by atoms with van der Waals surface area (Å²) in [6, 6.07) is 9.04. The van der Waals surface area contributed by atoms with E-state index in [0.29, 0.717) is 39.4 Å². The van der Waals surface area contributed by atoms with E-state index in [1.165, 1.54) is 6.07 Å². The highest BCUT2D eigenvalue weighted by molar-refractivity contribution is 5.95. The lowest BCUT2D eigenvalue weighted by Crippen LogP contribution is -2.04. The monoisotopic (exact) mass is 371 g/mol. The Balaban J connectivity index is 2.15.